The first-order chi connectivity index (χ1) is 5.24. The summed E-state index contributed by atoms with van der Waals surface area (Å²) in [4.78, 5) is 22.9. The lowest BCUT2D eigenvalue weighted by Crippen LogP contribution is -2.30. The van der Waals surface area contributed by atoms with Crippen molar-refractivity contribution in [2.24, 2.45) is 0 Å². The summed E-state index contributed by atoms with van der Waals surface area (Å²) in [5, 5.41) is 2.17. The first-order valence-corrected chi connectivity index (χ1v) is 3.31. The van der Waals surface area contributed by atoms with Crippen molar-refractivity contribution in [1.82, 2.24) is 10.2 Å². The molecule has 0 aliphatic carbocycles. The van der Waals surface area contributed by atoms with Gasteiger partial charge in [0.2, 0.25) is 5.91 Å². The van der Waals surface area contributed by atoms with Crippen LogP contribution < -0.4 is 5.32 Å². The number of amides is 3. The van der Waals surface area contributed by atoms with Crippen LogP contribution in [-0.2, 0) is 9.53 Å². The van der Waals surface area contributed by atoms with Gasteiger partial charge in [0.25, 0.3) is 0 Å². The molecule has 3 amide bonds. The molecule has 1 aliphatic rings. The van der Waals surface area contributed by atoms with Crippen molar-refractivity contribution in [3.8, 4) is 0 Å². The monoisotopic (exact) mass is 158 g/mol. The predicted molar refractivity (Wildman–Crippen MR) is 37.0 cm³/mol. The van der Waals surface area contributed by atoms with Gasteiger partial charge in [0.15, 0.2) is 0 Å². The molecule has 0 radical (unpaired) electrons. The van der Waals surface area contributed by atoms with Crippen molar-refractivity contribution >= 4 is 11.9 Å². The van der Waals surface area contributed by atoms with Crippen LogP contribution in [-0.4, -0.2) is 43.6 Å². The van der Waals surface area contributed by atoms with E-state index in [0.717, 1.165) is 0 Å². The number of rotatable bonds is 3. The Hall–Kier alpha value is -1.10. The number of nitrogens with zero attached hydrogens (tertiary/aromatic N) is 1. The lowest BCUT2D eigenvalue weighted by molar-refractivity contribution is -0.118. The molecular formula is C6H10N2O3. The average Bonchev–Trinajstić information content (AvgIpc) is 2.26. The fourth-order valence-corrected chi connectivity index (χ4v) is 0.865. The Labute approximate surface area is 64.3 Å². The Morgan fingerprint density at radius 1 is 1.64 bits per heavy atom. The Morgan fingerprint density at radius 3 is 2.82 bits per heavy atom. The van der Waals surface area contributed by atoms with Crippen LogP contribution in [0, 0.1) is 0 Å². The molecular weight excluding hydrogens is 148 g/mol. The van der Waals surface area contributed by atoms with Crippen LogP contribution in [0.25, 0.3) is 0 Å². The molecule has 0 aromatic carbocycles. The summed E-state index contributed by atoms with van der Waals surface area (Å²) in [6.07, 6.45) is 0. The second kappa shape index (κ2) is 3.34. The number of methoxy groups -OCH3 is 1. The van der Waals surface area contributed by atoms with Gasteiger partial charge in [-0.1, -0.05) is 0 Å². The molecule has 0 bridgehead atoms. The highest BCUT2D eigenvalue weighted by atomic mass is 16.5. The standard InChI is InChI=1S/C6H10N2O3/c1-11-3-2-8-4-5(9)7-6(8)10/h2-4H2,1H3,(H,7,9,10). The zero-order chi connectivity index (χ0) is 8.27. The van der Waals surface area contributed by atoms with Gasteiger partial charge in [-0.15, -0.1) is 0 Å². The molecule has 0 spiro atoms. The van der Waals surface area contributed by atoms with E-state index in [4.69, 9.17) is 4.74 Å². The number of imide groups is 1. The summed E-state index contributed by atoms with van der Waals surface area (Å²) in [5.41, 5.74) is 0. The van der Waals surface area contributed by atoms with Crippen LogP contribution in [0.1, 0.15) is 0 Å². The van der Waals surface area contributed by atoms with Crippen LogP contribution in [0.2, 0.25) is 0 Å². The molecule has 0 unspecified atom stereocenters. The third kappa shape index (κ3) is 1.91. The van der Waals surface area contributed by atoms with Crippen LogP contribution in [0.4, 0.5) is 4.79 Å². The van der Waals surface area contributed by atoms with Gasteiger partial charge in [0, 0.05) is 13.7 Å². The highest BCUT2D eigenvalue weighted by Gasteiger charge is 2.25. The van der Waals surface area contributed by atoms with Crippen molar-refractivity contribution in [2.75, 3.05) is 26.8 Å². The van der Waals surface area contributed by atoms with E-state index in [2.05, 4.69) is 5.32 Å². The molecule has 5 heteroatoms. The van der Waals surface area contributed by atoms with Gasteiger partial charge in [-0.2, -0.15) is 0 Å². The lowest BCUT2D eigenvalue weighted by Gasteiger charge is -2.10. The van der Waals surface area contributed by atoms with Gasteiger partial charge >= 0.3 is 6.03 Å². The molecule has 0 atom stereocenters. The van der Waals surface area contributed by atoms with Gasteiger partial charge in [0.05, 0.1) is 6.61 Å². The van der Waals surface area contributed by atoms with Crippen molar-refractivity contribution in [3.63, 3.8) is 0 Å². The van der Waals surface area contributed by atoms with E-state index in [1.54, 1.807) is 7.11 Å². The summed E-state index contributed by atoms with van der Waals surface area (Å²) in [6.45, 7) is 1.08. The van der Waals surface area contributed by atoms with E-state index in [-0.39, 0.29) is 18.5 Å². The molecule has 5 nitrogen and oxygen atoms in total. The predicted octanol–water partition coefficient (Wildman–Crippen LogP) is -0.815. The molecule has 1 rings (SSSR count). The van der Waals surface area contributed by atoms with E-state index < -0.39 is 0 Å². The molecule has 1 saturated heterocycles. The molecule has 62 valence electrons. The molecule has 11 heavy (non-hydrogen) atoms. The van der Waals surface area contributed by atoms with Crippen LogP contribution >= 0.6 is 0 Å². The maximum atomic E-state index is 10.8. The number of carbonyl (C=O) groups is 2. The SMILES string of the molecule is COCCN1CC(=O)NC1=O. The number of carbonyl (C=O) groups excluding carboxylic acids is 2. The number of nitrogens with one attached hydrogen (secondary N) is 1. The van der Waals surface area contributed by atoms with Gasteiger partial charge < -0.3 is 9.64 Å². The Kier molecular flexibility index (Phi) is 2.43. The highest BCUT2D eigenvalue weighted by molar-refractivity contribution is 6.01. The van der Waals surface area contributed by atoms with E-state index in [1.165, 1.54) is 4.90 Å². The quantitative estimate of drug-likeness (QED) is 0.546. The lowest BCUT2D eigenvalue weighted by atomic mass is 10.5. The summed E-state index contributed by atoms with van der Waals surface area (Å²) >= 11 is 0. The van der Waals surface area contributed by atoms with Crippen LogP contribution in [0.3, 0.4) is 0 Å². The number of hydrogen-bond acceptors (Lipinski definition) is 3. The molecule has 1 N–H and O–H groups in total. The third-order valence-electron chi connectivity index (χ3n) is 1.43. The van der Waals surface area contributed by atoms with Crippen LogP contribution in [0.5, 0.6) is 0 Å². The minimum atomic E-state index is -0.327. The van der Waals surface area contributed by atoms with Gasteiger partial charge in [0.1, 0.15) is 6.54 Å². The molecule has 1 aliphatic heterocycles. The normalized spacial score (nSPS) is 17.4. The second-order valence-corrected chi connectivity index (χ2v) is 2.27. The maximum Gasteiger partial charge on any atom is 0.324 e. The summed E-state index contributed by atoms with van der Waals surface area (Å²) in [6, 6.07) is -0.327. The topological polar surface area (TPSA) is 58.6 Å². The smallest absolute Gasteiger partial charge is 0.324 e. The summed E-state index contributed by atoms with van der Waals surface area (Å²) in [5.74, 6) is -0.244. The van der Waals surface area contributed by atoms with E-state index in [1.807, 2.05) is 0 Å². The second-order valence-electron chi connectivity index (χ2n) is 2.27. The van der Waals surface area contributed by atoms with Crippen molar-refractivity contribution in [2.45, 2.75) is 0 Å². The van der Waals surface area contributed by atoms with Crippen LogP contribution in [0.15, 0.2) is 0 Å². The van der Waals surface area contributed by atoms with Gasteiger partial charge in [-0.05, 0) is 0 Å². The van der Waals surface area contributed by atoms with Crippen molar-refractivity contribution < 1.29 is 14.3 Å². The molecule has 1 heterocycles. The number of urea groups is 1. The zero-order valence-corrected chi connectivity index (χ0v) is 6.29. The fraction of sp³-hybridized carbons (Fsp3) is 0.667. The highest BCUT2D eigenvalue weighted by Crippen LogP contribution is 1.96. The maximum absolute atomic E-state index is 10.8. The largest absolute Gasteiger partial charge is 0.383 e. The average molecular weight is 158 g/mol. The fourth-order valence-electron chi connectivity index (χ4n) is 0.865. The zero-order valence-electron chi connectivity index (χ0n) is 6.29. The Bertz CT molecular complexity index is 181. The first-order valence-electron chi connectivity index (χ1n) is 3.31. The minimum Gasteiger partial charge on any atom is -0.383 e. The molecule has 1 fully saturated rings. The first kappa shape index (κ1) is 8.00. The minimum absolute atomic E-state index is 0.155. The molecule has 0 aromatic rings. The van der Waals surface area contributed by atoms with Crippen molar-refractivity contribution in [1.29, 1.82) is 0 Å². The van der Waals surface area contributed by atoms with Crippen molar-refractivity contribution in [3.05, 3.63) is 0 Å². The number of hydrogen-bond donors (Lipinski definition) is 1. The summed E-state index contributed by atoms with van der Waals surface area (Å²) < 4.78 is 4.75. The third-order valence-corrected chi connectivity index (χ3v) is 1.43. The van der Waals surface area contributed by atoms with E-state index in [9.17, 15) is 9.59 Å². The van der Waals surface area contributed by atoms with E-state index >= 15 is 0 Å². The molecule has 0 saturated carbocycles. The Morgan fingerprint density at radius 2 is 2.36 bits per heavy atom. The van der Waals surface area contributed by atoms with E-state index in [0.29, 0.717) is 13.2 Å². The number of ether oxygens (including phenoxy) is 1. The van der Waals surface area contributed by atoms with Gasteiger partial charge in [-0.25, -0.2) is 4.79 Å². The van der Waals surface area contributed by atoms with Gasteiger partial charge in [-0.3, -0.25) is 10.1 Å². The summed E-state index contributed by atoms with van der Waals surface area (Å²) in [7, 11) is 1.55. The molecule has 0 aromatic heterocycles. The Balaban J connectivity index is 2.34.